The number of carbonyl (C=O) groups excluding carboxylic acids is 3. The van der Waals surface area contributed by atoms with Crippen molar-refractivity contribution in [3.63, 3.8) is 0 Å². The van der Waals surface area contributed by atoms with Crippen molar-refractivity contribution in [2.45, 2.75) is 25.9 Å². The first kappa shape index (κ1) is 17.7. The summed E-state index contributed by atoms with van der Waals surface area (Å²) in [5, 5.41) is 0. The molecule has 0 aliphatic carbocycles. The molecule has 0 saturated carbocycles. The second-order valence-corrected chi connectivity index (χ2v) is 8.09. The molecule has 0 aromatic heterocycles. The summed E-state index contributed by atoms with van der Waals surface area (Å²) >= 11 is 0. The third-order valence-electron chi connectivity index (χ3n) is 6.22. The van der Waals surface area contributed by atoms with Crippen LogP contribution in [-0.2, 0) is 14.4 Å². The fourth-order valence-corrected chi connectivity index (χ4v) is 5.22. The molecule has 6 heteroatoms. The van der Waals surface area contributed by atoms with Gasteiger partial charge in [0.05, 0.1) is 23.6 Å². The fourth-order valence-electron chi connectivity index (χ4n) is 5.22. The maximum atomic E-state index is 13.6. The molecule has 3 heterocycles. The zero-order chi connectivity index (χ0) is 20.4. The number of aryl methyl sites for hydroxylation is 2. The number of primary amides is 1. The molecule has 5 rings (SSSR count). The summed E-state index contributed by atoms with van der Waals surface area (Å²) in [6.07, 6.45) is 3.70. The molecule has 2 aromatic carbocycles. The van der Waals surface area contributed by atoms with Crippen molar-refractivity contribution in [1.29, 1.82) is 0 Å². The van der Waals surface area contributed by atoms with Crippen LogP contribution in [0, 0.1) is 25.7 Å². The number of benzene rings is 2. The van der Waals surface area contributed by atoms with Crippen molar-refractivity contribution in [3.8, 4) is 0 Å². The Morgan fingerprint density at radius 1 is 0.966 bits per heavy atom. The average Bonchev–Trinajstić information content (AvgIpc) is 3.14. The first-order valence-corrected chi connectivity index (χ1v) is 9.68. The Balaban J connectivity index is 1.66. The van der Waals surface area contributed by atoms with Gasteiger partial charge in [-0.2, -0.15) is 0 Å². The highest BCUT2D eigenvalue weighted by Crippen LogP contribution is 2.53. The highest BCUT2D eigenvalue weighted by Gasteiger charge is 2.64. The van der Waals surface area contributed by atoms with Gasteiger partial charge in [-0.15, -0.1) is 0 Å². The Morgan fingerprint density at radius 3 is 2.31 bits per heavy atom. The lowest BCUT2D eigenvalue weighted by Gasteiger charge is -2.34. The molecule has 29 heavy (non-hydrogen) atoms. The highest BCUT2D eigenvalue weighted by molar-refractivity contribution is 6.24. The van der Waals surface area contributed by atoms with Crippen molar-refractivity contribution < 1.29 is 14.4 Å². The van der Waals surface area contributed by atoms with E-state index in [1.54, 1.807) is 11.1 Å². The number of amides is 3. The van der Waals surface area contributed by atoms with Gasteiger partial charge in [-0.1, -0.05) is 30.3 Å². The Bertz CT molecular complexity index is 1090. The predicted octanol–water partition coefficient (Wildman–Crippen LogP) is 2.30. The monoisotopic (exact) mass is 387 g/mol. The summed E-state index contributed by atoms with van der Waals surface area (Å²) in [6, 6.07) is 12.2. The number of nitrogens with two attached hydrogens (primary N) is 1. The predicted molar refractivity (Wildman–Crippen MR) is 108 cm³/mol. The number of fused-ring (bicyclic) bond motifs is 5. The van der Waals surface area contributed by atoms with Gasteiger partial charge in [-0.3, -0.25) is 14.4 Å². The summed E-state index contributed by atoms with van der Waals surface area (Å²) in [7, 11) is 0. The number of anilines is 1. The van der Waals surface area contributed by atoms with E-state index in [1.807, 2.05) is 62.4 Å². The minimum Gasteiger partial charge on any atom is -0.368 e. The molecule has 2 fully saturated rings. The average molecular weight is 387 g/mol. The maximum absolute atomic E-state index is 13.6. The SMILES string of the molecule is Cc1cc(C)cc(N2C(=O)[C@H]3[C@@H](C2=O)C2c4ccccc4C=CN2[C@H]3C(N)=O)c1. The van der Waals surface area contributed by atoms with Crippen molar-refractivity contribution in [1.82, 2.24) is 4.90 Å². The Kier molecular flexibility index (Phi) is 3.68. The van der Waals surface area contributed by atoms with Crippen LogP contribution < -0.4 is 10.6 Å². The van der Waals surface area contributed by atoms with Gasteiger partial charge in [0, 0.05) is 6.20 Å². The molecule has 2 aromatic rings. The number of hydrogen-bond acceptors (Lipinski definition) is 4. The molecular formula is C23H21N3O3. The molecule has 3 aliphatic heterocycles. The van der Waals surface area contributed by atoms with E-state index in [9.17, 15) is 14.4 Å². The second-order valence-electron chi connectivity index (χ2n) is 8.09. The van der Waals surface area contributed by atoms with Gasteiger partial charge in [-0.25, -0.2) is 4.90 Å². The highest BCUT2D eigenvalue weighted by atomic mass is 16.2. The summed E-state index contributed by atoms with van der Waals surface area (Å²) in [4.78, 5) is 42.4. The van der Waals surface area contributed by atoms with E-state index in [1.165, 1.54) is 4.90 Å². The van der Waals surface area contributed by atoms with E-state index < -0.39 is 23.8 Å². The topological polar surface area (TPSA) is 83.7 Å². The number of rotatable bonds is 2. The third-order valence-corrected chi connectivity index (χ3v) is 6.22. The first-order valence-electron chi connectivity index (χ1n) is 9.68. The van der Waals surface area contributed by atoms with Crippen molar-refractivity contribution in [2.24, 2.45) is 17.6 Å². The van der Waals surface area contributed by atoms with E-state index in [0.717, 1.165) is 22.3 Å². The van der Waals surface area contributed by atoms with Crippen LogP contribution in [0.3, 0.4) is 0 Å². The molecule has 0 bridgehead atoms. The quantitative estimate of drug-likeness (QED) is 0.802. The van der Waals surface area contributed by atoms with Gasteiger partial charge >= 0.3 is 0 Å². The van der Waals surface area contributed by atoms with Gasteiger partial charge in [0.15, 0.2) is 0 Å². The summed E-state index contributed by atoms with van der Waals surface area (Å²) < 4.78 is 0. The number of imide groups is 1. The van der Waals surface area contributed by atoms with E-state index >= 15 is 0 Å². The lowest BCUT2D eigenvalue weighted by molar-refractivity contribution is -0.129. The molecule has 2 N–H and O–H groups in total. The molecule has 4 atom stereocenters. The van der Waals surface area contributed by atoms with Crippen LogP contribution in [0.2, 0.25) is 0 Å². The minimum absolute atomic E-state index is 0.270. The smallest absolute Gasteiger partial charge is 0.240 e. The number of nitrogens with zero attached hydrogens (tertiary/aromatic N) is 2. The van der Waals surface area contributed by atoms with Gasteiger partial charge in [-0.05, 0) is 54.3 Å². The van der Waals surface area contributed by atoms with Crippen LogP contribution in [0.15, 0.2) is 48.7 Å². The summed E-state index contributed by atoms with van der Waals surface area (Å²) in [5.74, 6) is -2.65. The van der Waals surface area contributed by atoms with E-state index in [-0.39, 0.29) is 17.9 Å². The fraction of sp³-hybridized carbons (Fsp3) is 0.261. The Labute approximate surface area is 168 Å². The molecule has 3 aliphatic rings. The number of hydrogen-bond donors (Lipinski definition) is 1. The van der Waals surface area contributed by atoms with Crippen molar-refractivity contribution in [2.75, 3.05) is 4.90 Å². The Morgan fingerprint density at radius 2 is 1.62 bits per heavy atom. The van der Waals surface area contributed by atoms with Crippen LogP contribution >= 0.6 is 0 Å². The molecule has 0 radical (unpaired) electrons. The maximum Gasteiger partial charge on any atom is 0.240 e. The van der Waals surface area contributed by atoms with E-state index in [4.69, 9.17) is 5.73 Å². The van der Waals surface area contributed by atoms with E-state index in [0.29, 0.717) is 5.69 Å². The third kappa shape index (κ3) is 2.38. The van der Waals surface area contributed by atoms with Crippen molar-refractivity contribution in [3.05, 3.63) is 70.9 Å². The zero-order valence-corrected chi connectivity index (χ0v) is 16.2. The van der Waals surface area contributed by atoms with Crippen LogP contribution in [0.1, 0.15) is 28.3 Å². The number of carbonyl (C=O) groups is 3. The van der Waals surface area contributed by atoms with Crippen LogP contribution in [0.25, 0.3) is 6.08 Å². The largest absolute Gasteiger partial charge is 0.368 e. The second kappa shape index (κ2) is 6.04. The minimum atomic E-state index is -0.845. The zero-order valence-electron chi connectivity index (χ0n) is 16.2. The van der Waals surface area contributed by atoms with Gasteiger partial charge < -0.3 is 10.6 Å². The van der Waals surface area contributed by atoms with Gasteiger partial charge in [0.25, 0.3) is 0 Å². The molecule has 146 valence electrons. The lowest BCUT2D eigenvalue weighted by atomic mass is 9.84. The molecule has 6 nitrogen and oxygen atoms in total. The molecule has 2 saturated heterocycles. The summed E-state index contributed by atoms with van der Waals surface area (Å²) in [5.41, 5.74) is 10.1. The van der Waals surface area contributed by atoms with Crippen LogP contribution in [0.5, 0.6) is 0 Å². The summed E-state index contributed by atoms with van der Waals surface area (Å²) in [6.45, 7) is 3.86. The molecule has 3 amide bonds. The van der Waals surface area contributed by atoms with E-state index in [2.05, 4.69) is 0 Å². The molecule has 1 unspecified atom stereocenters. The lowest BCUT2D eigenvalue weighted by Crippen LogP contribution is -2.46. The van der Waals surface area contributed by atoms with Crippen LogP contribution in [-0.4, -0.2) is 28.7 Å². The molecular weight excluding hydrogens is 366 g/mol. The van der Waals surface area contributed by atoms with Crippen LogP contribution in [0.4, 0.5) is 5.69 Å². The normalized spacial score (nSPS) is 27.1. The van der Waals surface area contributed by atoms with Gasteiger partial charge in [0.2, 0.25) is 17.7 Å². The first-order chi connectivity index (χ1) is 13.9. The van der Waals surface area contributed by atoms with Crippen molar-refractivity contribution >= 4 is 29.5 Å². The van der Waals surface area contributed by atoms with Gasteiger partial charge in [0.1, 0.15) is 6.04 Å². The Hall–Kier alpha value is -3.41. The molecule has 0 spiro atoms. The standard InChI is InChI=1S/C23H21N3O3/c1-12-9-13(2)11-15(10-12)26-22(28)17-18(23(26)29)20(21(24)27)25-8-7-14-5-3-4-6-16(14)19(17)25/h3-11,17-20H,1-2H3,(H2,24,27)/t17-,18+,19?,20-/m1/s1.